The number of anilines is 1. The number of piperazine rings is 1. The molecule has 2 heterocycles. The Morgan fingerprint density at radius 3 is 2.23 bits per heavy atom. The van der Waals surface area contributed by atoms with E-state index in [2.05, 4.69) is 23.7 Å². The smallest absolute Gasteiger partial charge is 0.354 e. The highest BCUT2D eigenvalue weighted by atomic mass is 35.5. The highest BCUT2D eigenvalue weighted by Gasteiger charge is 2.34. The Kier molecular flexibility index (Phi) is 6.74. The van der Waals surface area contributed by atoms with Crippen molar-refractivity contribution in [3.8, 4) is 0 Å². The molecule has 0 N–H and O–H groups in total. The van der Waals surface area contributed by atoms with Crippen LogP contribution in [-0.4, -0.2) is 42.1 Å². The number of halogens is 4. The van der Waals surface area contributed by atoms with E-state index in [4.69, 9.17) is 0 Å². The standard InChI is InChI=1S/C19H24F3N3.ClH/c1-3-14(4-2)24-9-11-25(12-10-24)18-13-16(19(20,21)22)15-7-5-6-8-17(15)23-18;/h5-8,13-14H,3-4,9-12H2,1-2H3;1H. The molecular formula is C19H25ClF3N3. The Balaban J connectivity index is 0.00000243. The maximum absolute atomic E-state index is 13.5. The molecule has 144 valence electrons. The van der Waals surface area contributed by atoms with Gasteiger partial charge in [-0.25, -0.2) is 4.98 Å². The van der Waals surface area contributed by atoms with Gasteiger partial charge in [0.1, 0.15) is 5.82 Å². The maximum Gasteiger partial charge on any atom is 0.417 e. The molecule has 0 amide bonds. The van der Waals surface area contributed by atoms with Gasteiger partial charge in [0.15, 0.2) is 0 Å². The minimum atomic E-state index is -4.38. The van der Waals surface area contributed by atoms with E-state index >= 15 is 0 Å². The molecule has 1 aromatic carbocycles. The molecule has 7 heteroatoms. The van der Waals surface area contributed by atoms with E-state index in [-0.39, 0.29) is 17.8 Å². The van der Waals surface area contributed by atoms with E-state index in [0.717, 1.165) is 25.9 Å². The van der Waals surface area contributed by atoms with E-state index < -0.39 is 11.7 Å². The molecule has 3 rings (SSSR count). The average Bonchev–Trinajstić information content (AvgIpc) is 2.61. The molecule has 0 radical (unpaired) electrons. The van der Waals surface area contributed by atoms with Crippen molar-refractivity contribution in [1.29, 1.82) is 0 Å². The quantitative estimate of drug-likeness (QED) is 0.737. The molecule has 0 saturated carbocycles. The Bertz CT molecular complexity index is 724. The Morgan fingerprint density at radius 1 is 1.04 bits per heavy atom. The second kappa shape index (κ2) is 8.44. The Morgan fingerprint density at radius 2 is 1.65 bits per heavy atom. The molecule has 2 aromatic rings. The van der Waals surface area contributed by atoms with Gasteiger partial charge < -0.3 is 4.90 Å². The van der Waals surface area contributed by atoms with Gasteiger partial charge in [-0.2, -0.15) is 13.2 Å². The van der Waals surface area contributed by atoms with Crippen molar-refractivity contribution in [3.63, 3.8) is 0 Å². The van der Waals surface area contributed by atoms with Crippen LogP contribution in [0.4, 0.5) is 19.0 Å². The number of aromatic nitrogens is 1. The first-order valence-electron chi connectivity index (χ1n) is 8.90. The number of rotatable bonds is 4. The van der Waals surface area contributed by atoms with E-state index in [1.54, 1.807) is 18.2 Å². The van der Waals surface area contributed by atoms with Crippen LogP contribution >= 0.6 is 12.4 Å². The van der Waals surface area contributed by atoms with Gasteiger partial charge in [-0.1, -0.05) is 32.0 Å². The summed E-state index contributed by atoms with van der Waals surface area (Å²) in [7, 11) is 0. The summed E-state index contributed by atoms with van der Waals surface area (Å²) in [5.74, 6) is 0.426. The Labute approximate surface area is 158 Å². The van der Waals surface area contributed by atoms with E-state index in [0.29, 0.717) is 30.5 Å². The zero-order chi connectivity index (χ0) is 18.0. The fourth-order valence-electron chi connectivity index (χ4n) is 3.68. The lowest BCUT2D eigenvalue weighted by atomic mass is 10.1. The molecule has 0 spiro atoms. The zero-order valence-electron chi connectivity index (χ0n) is 15.1. The van der Waals surface area contributed by atoms with Gasteiger partial charge in [0.25, 0.3) is 0 Å². The second-order valence-corrected chi connectivity index (χ2v) is 6.54. The number of hydrogen-bond acceptors (Lipinski definition) is 3. The summed E-state index contributed by atoms with van der Waals surface area (Å²) in [5, 5.41) is 0.161. The number of alkyl halides is 3. The summed E-state index contributed by atoms with van der Waals surface area (Å²) in [6.45, 7) is 7.50. The number of fused-ring (bicyclic) bond motifs is 1. The SMILES string of the molecule is CCC(CC)N1CCN(c2cc(C(F)(F)F)c3ccccc3n2)CC1.Cl. The van der Waals surface area contributed by atoms with Crippen molar-refractivity contribution in [2.75, 3.05) is 31.1 Å². The largest absolute Gasteiger partial charge is 0.417 e. The minimum Gasteiger partial charge on any atom is -0.354 e. The molecule has 1 saturated heterocycles. The molecular weight excluding hydrogens is 363 g/mol. The molecule has 3 nitrogen and oxygen atoms in total. The summed E-state index contributed by atoms with van der Waals surface area (Å²) in [5.41, 5.74) is -0.203. The predicted octanol–water partition coefficient (Wildman–Crippen LogP) is 4.99. The highest BCUT2D eigenvalue weighted by Crippen LogP contribution is 2.36. The van der Waals surface area contributed by atoms with Gasteiger partial charge in [-0.3, -0.25) is 4.90 Å². The fourth-order valence-corrected chi connectivity index (χ4v) is 3.68. The fraction of sp³-hybridized carbons (Fsp3) is 0.526. The van der Waals surface area contributed by atoms with E-state index in [1.165, 1.54) is 12.1 Å². The van der Waals surface area contributed by atoms with Crippen LogP contribution < -0.4 is 4.90 Å². The first-order valence-corrected chi connectivity index (χ1v) is 8.90. The maximum atomic E-state index is 13.5. The van der Waals surface area contributed by atoms with Crippen LogP contribution in [-0.2, 0) is 6.18 Å². The van der Waals surface area contributed by atoms with Gasteiger partial charge in [-0.15, -0.1) is 12.4 Å². The molecule has 1 fully saturated rings. The van der Waals surface area contributed by atoms with Crippen molar-refractivity contribution < 1.29 is 13.2 Å². The van der Waals surface area contributed by atoms with Crippen LogP contribution in [0.2, 0.25) is 0 Å². The van der Waals surface area contributed by atoms with Crippen LogP contribution in [0.25, 0.3) is 10.9 Å². The van der Waals surface area contributed by atoms with Crippen LogP contribution in [0.15, 0.2) is 30.3 Å². The summed E-state index contributed by atoms with van der Waals surface area (Å²) >= 11 is 0. The lowest BCUT2D eigenvalue weighted by molar-refractivity contribution is -0.136. The normalized spacial score (nSPS) is 16.2. The van der Waals surface area contributed by atoms with Gasteiger partial charge in [0.2, 0.25) is 0 Å². The molecule has 26 heavy (non-hydrogen) atoms. The average molecular weight is 388 g/mol. The van der Waals surface area contributed by atoms with Crippen molar-refractivity contribution in [2.24, 2.45) is 0 Å². The molecule has 0 bridgehead atoms. The summed E-state index contributed by atoms with van der Waals surface area (Å²) in [6, 6.07) is 8.23. The van der Waals surface area contributed by atoms with Crippen LogP contribution in [0, 0.1) is 0 Å². The summed E-state index contributed by atoms with van der Waals surface area (Å²) < 4.78 is 40.4. The van der Waals surface area contributed by atoms with Crippen molar-refractivity contribution in [1.82, 2.24) is 9.88 Å². The number of pyridine rings is 1. The van der Waals surface area contributed by atoms with Gasteiger partial charge >= 0.3 is 6.18 Å². The van der Waals surface area contributed by atoms with Crippen molar-refractivity contribution in [2.45, 2.75) is 38.9 Å². The van der Waals surface area contributed by atoms with Crippen molar-refractivity contribution >= 4 is 29.1 Å². The van der Waals surface area contributed by atoms with Crippen molar-refractivity contribution in [3.05, 3.63) is 35.9 Å². The second-order valence-electron chi connectivity index (χ2n) is 6.54. The van der Waals surface area contributed by atoms with Crippen LogP contribution in [0.5, 0.6) is 0 Å². The summed E-state index contributed by atoms with van der Waals surface area (Å²) in [6.07, 6.45) is -2.18. The van der Waals surface area contributed by atoms with Crippen LogP contribution in [0.1, 0.15) is 32.3 Å². The lowest BCUT2D eigenvalue weighted by Gasteiger charge is -2.39. The molecule has 1 aliphatic heterocycles. The first-order chi connectivity index (χ1) is 11.9. The van der Waals surface area contributed by atoms with E-state index in [9.17, 15) is 13.2 Å². The van der Waals surface area contributed by atoms with Gasteiger partial charge in [0, 0.05) is 37.6 Å². The third kappa shape index (κ3) is 4.23. The third-order valence-electron chi connectivity index (χ3n) is 5.11. The topological polar surface area (TPSA) is 19.4 Å². The van der Waals surface area contributed by atoms with Gasteiger partial charge in [0.05, 0.1) is 11.1 Å². The number of nitrogens with zero attached hydrogens (tertiary/aromatic N) is 3. The van der Waals surface area contributed by atoms with Crippen LogP contribution in [0.3, 0.4) is 0 Å². The molecule has 0 atom stereocenters. The minimum absolute atomic E-state index is 0. The number of benzene rings is 1. The summed E-state index contributed by atoms with van der Waals surface area (Å²) in [4.78, 5) is 8.90. The predicted molar refractivity (Wildman–Crippen MR) is 102 cm³/mol. The van der Waals surface area contributed by atoms with E-state index in [1.807, 2.05) is 4.90 Å². The monoisotopic (exact) mass is 387 g/mol. The number of para-hydroxylation sites is 1. The van der Waals surface area contributed by atoms with Gasteiger partial charge in [-0.05, 0) is 25.0 Å². The zero-order valence-corrected chi connectivity index (χ0v) is 15.9. The lowest BCUT2D eigenvalue weighted by Crippen LogP contribution is -2.50. The third-order valence-corrected chi connectivity index (χ3v) is 5.11. The highest BCUT2D eigenvalue weighted by molar-refractivity contribution is 5.85. The molecule has 0 unspecified atom stereocenters. The molecule has 0 aliphatic carbocycles. The molecule has 1 aromatic heterocycles. The first kappa shape index (κ1) is 20.8. The Hall–Kier alpha value is -1.53. The molecule has 1 aliphatic rings. The number of hydrogen-bond donors (Lipinski definition) is 0.